The molecule has 1 N–H and O–H groups in total. The predicted octanol–water partition coefficient (Wildman–Crippen LogP) is 0.201. The number of hydrogen-bond acceptors (Lipinski definition) is 4. The molecule has 1 amide bonds. The summed E-state index contributed by atoms with van der Waals surface area (Å²) in [5.74, 6) is -0.214. The molecule has 1 fully saturated rings. The first-order chi connectivity index (χ1) is 10.6. The maximum Gasteiger partial charge on any atom is 0.228 e. The number of hydrogen-bond donors (Lipinski definition) is 1. The Hall–Kier alpha value is -1.44. The lowest BCUT2D eigenvalue weighted by Crippen LogP contribution is -2.47. The van der Waals surface area contributed by atoms with Crippen LogP contribution in [0.1, 0.15) is 12.0 Å². The van der Waals surface area contributed by atoms with Crippen LogP contribution in [0.3, 0.4) is 0 Å². The number of fused-ring (bicyclic) bond motifs is 1. The van der Waals surface area contributed by atoms with Crippen molar-refractivity contribution in [2.75, 3.05) is 43.4 Å². The largest absolute Gasteiger partial charge is 0.314 e. The van der Waals surface area contributed by atoms with Crippen LogP contribution >= 0.6 is 0 Å². The van der Waals surface area contributed by atoms with Crippen molar-refractivity contribution in [3.63, 3.8) is 0 Å². The van der Waals surface area contributed by atoms with E-state index < -0.39 is 10.0 Å². The van der Waals surface area contributed by atoms with Crippen LogP contribution in [0.15, 0.2) is 24.3 Å². The van der Waals surface area contributed by atoms with E-state index in [4.69, 9.17) is 0 Å². The zero-order chi connectivity index (χ0) is 15.6. The van der Waals surface area contributed by atoms with Crippen molar-refractivity contribution in [3.8, 4) is 0 Å². The van der Waals surface area contributed by atoms with E-state index in [1.807, 2.05) is 24.3 Å². The number of nitrogens with zero attached hydrogens (tertiary/aromatic N) is 2. The standard InChI is InChI=1S/C15H21N3O3S/c19-15(18-9-5-13-3-1-2-4-14(13)18)6-12-22(20,21)17-10-7-16-8-11-17/h1-4,16H,5-12H2. The van der Waals surface area contributed by atoms with Gasteiger partial charge in [0.05, 0.1) is 5.75 Å². The molecular formula is C15H21N3O3S. The number of sulfonamides is 1. The predicted molar refractivity (Wildman–Crippen MR) is 85.3 cm³/mol. The number of rotatable bonds is 4. The van der Waals surface area contributed by atoms with Crippen molar-refractivity contribution in [2.45, 2.75) is 12.8 Å². The molecule has 0 aromatic heterocycles. The number of amides is 1. The molecule has 1 aromatic rings. The van der Waals surface area contributed by atoms with E-state index in [1.54, 1.807) is 4.90 Å². The zero-order valence-electron chi connectivity index (χ0n) is 12.5. The topological polar surface area (TPSA) is 69.7 Å². The summed E-state index contributed by atoms with van der Waals surface area (Å²) in [7, 11) is -3.34. The number of carbonyl (C=O) groups excluding carboxylic acids is 1. The summed E-state index contributed by atoms with van der Waals surface area (Å²) in [6.07, 6.45) is 0.882. The lowest BCUT2D eigenvalue weighted by atomic mass is 10.2. The van der Waals surface area contributed by atoms with Gasteiger partial charge in [-0.05, 0) is 18.1 Å². The summed E-state index contributed by atoms with van der Waals surface area (Å²) in [5.41, 5.74) is 2.08. The lowest BCUT2D eigenvalue weighted by molar-refractivity contribution is -0.118. The maximum absolute atomic E-state index is 12.4. The maximum atomic E-state index is 12.4. The zero-order valence-corrected chi connectivity index (χ0v) is 13.3. The van der Waals surface area contributed by atoms with E-state index in [0.717, 1.165) is 17.7 Å². The Morgan fingerprint density at radius 3 is 2.64 bits per heavy atom. The van der Waals surface area contributed by atoms with Gasteiger partial charge in [-0.2, -0.15) is 4.31 Å². The second-order valence-electron chi connectivity index (χ2n) is 5.64. The van der Waals surface area contributed by atoms with Crippen molar-refractivity contribution in [2.24, 2.45) is 0 Å². The molecule has 0 saturated carbocycles. The highest BCUT2D eigenvalue weighted by Gasteiger charge is 2.28. The first-order valence-corrected chi connectivity index (χ1v) is 9.26. The second-order valence-corrected chi connectivity index (χ2v) is 7.73. The average Bonchev–Trinajstić information content (AvgIpc) is 2.98. The van der Waals surface area contributed by atoms with Gasteiger partial charge in [0, 0.05) is 44.8 Å². The molecule has 2 aliphatic rings. The van der Waals surface area contributed by atoms with Gasteiger partial charge >= 0.3 is 0 Å². The van der Waals surface area contributed by atoms with Crippen molar-refractivity contribution < 1.29 is 13.2 Å². The Morgan fingerprint density at radius 2 is 1.86 bits per heavy atom. The number of benzene rings is 1. The van der Waals surface area contributed by atoms with Gasteiger partial charge in [0.15, 0.2) is 0 Å². The van der Waals surface area contributed by atoms with Gasteiger partial charge in [-0.25, -0.2) is 8.42 Å². The van der Waals surface area contributed by atoms with Crippen LogP contribution in [0.5, 0.6) is 0 Å². The molecule has 1 saturated heterocycles. The number of nitrogens with one attached hydrogen (secondary N) is 1. The summed E-state index contributed by atoms with van der Waals surface area (Å²) in [6, 6.07) is 7.80. The van der Waals surface area contributed by atoms with Crippen LogP contribution in [0.25, 0.3) is 0 Å². The van der Waals surface area contributed by atoms with Crippen LogP contribution < -0.4 is 10.2 Å². The van der Waals surface area contributed by atoms with E-state index in [0.29, 0.717) is 32.7 Å². The van der Waals surface area contributed by atoms with Gasteiger partial charge in [0.2, 0.25) is 15.9 Å². The van der Waals surface area contributed by atoms with Crippen LogP contribution in [0, 0.1) is 0 Å². The van der Waals surface area contributed by atoms with Crippen LogP contribution in [-0.4, -0.2) is 57.1 Å². The van der Waals surface area contributed by atoms with Gasteiger partial charge < -0.3 is 10.2 Å². The summed E-state index contributed by atoms with van der Waals surface area (Å²) in [6.45, 7) is 2.97. The smallest absolute Gasteiger partial charge is 0.228 e. The Bertz CT molecular complexity index is 654. The normalized spacial score (nSPS) is 19.2. The first kappa shape index (κ1) is 15.5. The Balaban J connectivity index is 1.61. The fraction of sp³-hybridized carbons (Fsp3) is 0.533. The molecule has 0 spiro atoms. The van der Waals surface area contributed by atoms with Gasteiger partial charge in [0.1, 0.15) is 0 Å². The number of para-hydroxylation sites is 1. The molecule has 2 heterocycles. The highest BCUT2D eigenvalue weighted by atomic mass is 32.2. The number of piperazine rings is 1. The molecule has 0 bridgehead atoms. The highest BCUT2D eigenvalue weighted by Crippen LogP contribution is 2.27. The average molecular weight is 323 g/mol. The SMILES string of the molecule is O=C(CCS(=O)(=O)N1CCNCC1)N1CCc2ccccc21. The van der Waals surface area contributed by atoms with E-state index >= 15 is 0 Å². The minimum absolute atomic E-state index is 0.0423. The first-order valence-electron chi connectivity index (χ1n) is 7.65. The quantitative estimate of drug-likeness (QED) is 0.859. The van der Waals surface area contributed by atoms with Gasteiger partial charge in [0.25, 0.3) is 0 Å². The molecule has 22 heavy (non-hydrogen) atoms. The molecule has 6 nitrogen and oxygen atoms in total. The summed E-state index contributed by atoms with van der Waals surface area (Å²) < 4.78 is 26.0. The highest BCUT2D eigenvalue weighted by molar-refractivity contribution is 7.89. The third kappa shape index (κ3) is 3.16. The number of carbonyl (C=O) groups is 1. The molecule has 3 rings (SSSR count). The molecule has 0 aliphatic carbocycles. The van der Waals surface area contributed by atoms with Gasteiger partial charge in [-0.3, -0.25) is 4.79 Å². The van der Waals surface area contributed by atoms with Crippen molar-refractivity contribution >= 4 is 21.6 Å². The molecular weight excluding hydrogens is 302 g/mol. The minimum Gasteiger partial charge on any atom is -0.314 e. The third-order valence-electron chi connectivity index (χ3n) is 4.23. The Kier molecular flexibility index (Phi) is 4.46. The van der Waals surface area contributed by atoms with Crippen LogP contribution in [-0.2, 0) is 21.2 Å². The van der Waals surface area contributed by atoms with Gasteiger partial charge in [-0.1, -0.05) is 18.2 Å². The molecule has 0 radical (unpaired) electrons. The number of anilines is 1. The molecule has 0 unspecified atom stereocenters. The fourth-order valence-electron chi connectivity index (χ4n) is 3.00. The molecule has 7 heteroatoms. The van der Waals surface area contributed by atoms with E-state index in [1.165, 1.54) is 4.31 Å². The molecule has 0 atom stereocenters. The van der Waals surface area contributed by atoms with Crippen molar-refractivity contribution in [1.82, 2.24) is 9.62 Å². The summed E-state index contributed by atoms with van der Waals surface area (Å²) in [5, 5.41) is 3.13. The van der Waals surface area contributed by atoms with Crippen LogP contribution in [0.4, 0.5) is 5.69 Å². The van der Waals surface area contributed by atoms with Crippen LogP contribution in [0.2, 0.25) is 0 Å². The van der Waals surface area contributed by atoms with Crippen molar-refractivity contribution in [3.05, 3.63) is 29.8 Å². The van der Waals surface area contributed by atoms with E-state index in [-0.39, 0.29) is 18.1 Å². The third-order valence-corrected chi connectivity index (χ3v) is 6.10. The molecule has 2 aliphatic heterocycles. The summed E-state index contributed by atoms with van der Waals surface area (Å²) in [4.78, 5) is 14.1. The minimum atomic E-state index is -3.34. The molecule has 1 aromatic carbocycles. The Labute approximate surface area is 131 Å². The van der Waals surface area contributed by atoms with Gasteiger partial charge in [-0.15, -0.1) is 0 Å². The van der Waals surface area contributed by atoms with Crippen molar-refractivity contribution in [1.29, 1.82) is 0 Å². The van der Waals surface area contributed by atoms with E-state index in [9.17, 15) is 13.2 Å². The summed E-state index contributed by atoms with van der Waals surface area (Å²) >= 11 is 0. The molecule has 120 valence electrons. The Morgan fingerprint density at radius 1 is 1.14 bits per heavy atom. The lowest BCUT2D eigenvalue weighted by Gasteiger charge is -2.26. The van der Waals surface area contributed by atoms with E-state index in [2.05, 4.69) is 5.32 Å². The second kappa shape index (κ2) is 6.36. The fourth-order valence-corrected chi connectivity index (χ4v) is 4.43. The monoisotopic (exact) mass is 323 g/mol.